The molecule has 10 nitrogen and oxygen atoms in total. The Morgan fingerprint density at radius 2 is 1.76 bits per heavy atom. The van der Waals surface area contributed by atoms with Crippen LogP contribution in [0.15, 0.2) is 54.6 Å². The fourth-order valence-electron chi connectivity index (χ4n) is 4.93. The van der Waals surface area contributed by atoms with Gasteiger partial charge in [-0.15, -0.1) is 0 Å². The zero-order valence-electron chi connectivity index (χ0n) is 22.2. The Kier molecular flexibility index (Phi) is 7.99. The van der Waals surface area contributed by atoms with Crippen LogP contribution in [0.1, 0.15) is 13.3 Å². The van der Waals surface area contributed by atoms with Crippen LogP contribution < -0.4 is 19.7 Å². The van der Waals surface area contributed by atoms with Crippen molar-refractivity contribution in [2.24, 2.45) is 11.8 Å². The number of esters is 2. The quantitative estimate of drug-likeness (QED) is 0.327. The number of hydrogen-bond donors (Lipinski definition) is 1. The molecule has 0 spiro atoms. The molecule has 1 aliphatic heterocycles. The van der Waals surface area contributed by atoms with Gasteiger partial charge >= 0.3 is 11.9 Å². The summed E-state index contributed by atoms with van der Waals surface area (Å²) in [5, 5.41) is 4.15. The van der Waals surface area contributed by atoms with E-state index < -0.39 is 23.9 Å². The molecule has 4 rings (SSSR count). The Morgan fingerprint density at radius 3 is 2.42 bits per heavy atom. The molecule has 3 aromatic rings. The van der Waals surface area contributed by atoms with E-state index in [1.54, 1.807) is 25.2 Å². The van der Waals surface area contributed by atoms with E-state index in [-0.39, 0.29) is 12.3 Å². The van der Waals surface area contributed by atoms with Gasteiger partial charge in [-0.2, -0.15) is 4.98 Å². The molecule has 0 saturated carbocycles. The molecule has 2 heterocycles. The zero-order chi connectivity index (χ0) is 27.4. The summed E-state index contributed by atoms with van der Waals surface area (Å²) in [4.78, 5) is 36.8. The Morgan fingerprint density at radius 1 is 1.03 bits per heavy atom. The number of carbonyl (C=O) groups excluding carboxylic acids is 2. The fourth-order valence-corrected chi connectivity index (χ4v) is 4.93. The van der Waals surface area contributed by atoms with E-state index in [9.17, 15) is 9.59 Å². The number of para-hydroxylation sites is 1. The second kappa shape index (κ2) is 11.4. The van der Waals surface area contributed by atoms with Gasteiger partial charge in [0.25, 0.3) is 0 Å². The average molecular weight is 521 g/mol. The Balaban J connectivity index is 1.81. The lowest BCUT2D eigenvalue weighted by atomic mass is 9.84. The van der Waals surface area contributed by atoms with Crippen LogP contribution in [0.5, 0.6) is 11.5 Å². The molecule has 1 saturated heterocycles. The Bertz CT molecular complexity index is 1360. The van der Waals surface area contributed by atoms with Crippen molar-refractivity contribution in [1.29, 1.82) is 0 Å². The van der Waals surface area contributed by atoms with Crippen molar-refractivity contribution in [3.63, 3.8) is 0 Å². The lowest BCUT2D eigenvalue weighted by molar-refractivity contribution is -0.145. The predicted molar refractivity (Wildman–Crippen MR) is 144 cm³/mol. The van der Waals surface area contributed by atoms with Crippen LogP contribution in [0.3, 0.4) is 0 Å². The number of fused-ring (bicyclic) bond motifs is 1. The van der Waals surface area contributed by atoms with E-state index in [1.165, 1.54) is 14.2 Å². The average Bonchev–Trinajstić information content (AvgIpc) is 3.31. The van der Waals surface area contributed by atoms with Gasteiger partial charge in [0.2, 0.25) is 5.95 Å². The molecule has 0 bridgehead atoms. The largest absolute Gasteiger partial charge is 0.493 e. The highest BCUT2D eigenvalue weighted by Gasteiger charge is 2.48. The van der Waals surface area contributed by atoms with Gasteiger partial charge in [-0.25, -0.2) is 9.78 Å². The molecule has 1 aliphatic rings. The van der Waals surface area contributed by atoms with Gasteiger partial charge in [0.05, 0.1) is 40.4 Å². The number of methoxy groups -OCH3 is 4. The third-order valence-electron chi connectivity index (χ3n) is 6.85. The Labute approximate surface area is 221 Å². The molecule has 3 atom stereocenters. The van der Waals surface area contributed by atoms with Gasteiger partial charge in [0.1, 0.15) is 11.9 Å². The number of benzene rings is 2. The molecule has 38 heavy (non-hydrogen) atoms. The topological polar surface area (TPSA) is 112 Å². The third-order valence-corrected chi connectivity index (χ3v) is 6.85. The number of carbonyl (C=O) groups is 2. The summed E-state index contributed by atoms with van der Waals surface area (Å²) in [5.74, 6) is 0.579. The van der Waals surface area contributed by atoms with Crippen LogP contribution in [0.2, 0.25) is 0 Å². The van der Waals surface area contributed by atoms with Crippen LogP contribution in [-0.4, -0.2) is 62.9 Å². The minimum absolute atomic E-state index is 0.0363. The third kappa shape index (κ3) is 5.20. The van der Waals surface area contributed by atoms with Crippen molar-refractivity contribution >= 4 is 40.3 Å². The van der Waals surface area contributed by atoms with E-state index in [1.807, 2.05) is 43.3 Å². The lowest BCUT2D eigenvalue weighted by Gasteiger charge is -2.26. The lowest BCUT2D eigenvalue weighted by Crippen LogP contribution is -2.42. The smallest absolute Gasteiger partial charge is 0.328 e. The molecule has 1 N–H and O–H groups in total. The first kappa shape index (κ1) is 26.7. The van der Waals surface area contributed by atoms with Crippen LogP contribution in [0.25, 0.3) is 10.9 Å². The minimum Gasteiger partial charge on any atom is -0.493 e. The number of nitrogens with one attached hydrogen (secondary N) is 1. The maximum absolute atomic E-state index is 13.1. The zero-order valence-corrected chi connectivity index (χ0v) is 22.2. The molecule has 3 unspecified atom stereocenters. The van der Waals surface area contributed by atoms with E-state index >= 15 is 0 Å². The second-order valence-corrected chi connectivity index (χ2v) is 9.10. The molecule has 1 fully saturated rings. The summed E-state index contributed by atoms with van der Waals surface area (Å²) in [7, 11) is 5.81. The highest BCUT2D eigenvalue weighted by molar-refractivity contribution is 5.92. The number of rotatable bonds is 9. The highest BCUT2D eigenvalue weighted by atomic mass is 16.5. The van der Waals surface area contributed by atoms with Gasteiger partial charge in [-0.05, 0) is 31.2 Å². The summed E-state index contributed by atoms with van der Waals surface area (Å²) in [6, 6.07) is 12.3. The van der Waals surface area contributed by atoms with E-state index in [2.05, 4.69) is 11.9 Å². The number of aromatic nitrogens is 2. The van der Waals surface area contributed by atoms with E-state index in [0.29, 0.717) is 35.3 Å². The number of ether oxygens (including phenoxy) is 4. The maximum atomic E-state index is 13.1. The minimum atomic E-state index is -0.795. The first-order valence-electron chi connectivity index (χ1n) is 12.1. The normalized spacial score (nSPS) is 18.7. The van der Waals surface area contributed by atoms with Gasteiger partial charge in [-0.1, -0.05) is 24.3 Å². The number of anilines is 3. The summed E-state index contributed by atoms with van der Waals surface area (Å²) < 4.78 is 20.9. The number of hydrogen-bond acceptors (Lipinski definition) is 10. The van der Waals surface area contributed by atoms with Crippen molar-refractivity contribution in [2.75, 3.05) is 45.2 Å². The highest BCUT2D eigenvalue weighted by Crippen LogP contribution is 2.40. The van der Waals surface area contributed by atoms with Crippen LogP contribution in [-0.2, 0) is 19.1 Å². The molecule has 0 radical (unpaired) electrons. The van der Waals surface area contributed by atoms with Crippen LogP contribution in [0.4, 0.5) is 17.5 Å². The predicted octanol–water partition coefficient (Wildman–Crippen LogP) is 4.12. The molecular weight excluding hydrogens is 488 g/mol. The van der Waals surface area contributed by atoms with Gasteiger partial charge in [0.15, 0.2) is 11.5 Å². The van der Waals surface area contributed by atoms with Gasteiger partial charge < -0.3 is 29.2 Å². The summed E-state index contributed by atoms with van der Waals surface area (Å²) in [6.07, 6.45) is 0.0363. The molecule has 10 heteroatoms. The van der Waals surface area contributed by atoms with Crippen molar-refractivity contribution in [3.05, 3.63) is 54.6 Å². The summed E-state index contributed by atoms with van der Waals surface area (Å²) in [6.45, 7) is 6.40. The van der Waals surface area contributed by atoms with Crippen molar-refractivity contribution in [1.82, 2.24) is 9.97 Å². The Hall–Kier alpha value is -4.34. The molecule has 0 amide bonds. The molecule has 1 aromatic heterocycles. The molecule has 200 valence electrons. The van der Waals surface area contributed by atoms with Crippen molar-refractivity contribution < 1.29 is 28.5 Å². The monoisotopic (exact) mass is 520 g/mol. The van der Waals surface area contributed by atoms with Crippen molar-refractivity contribution in [2.45, 2.75) is 19.4 Å². The standard InChI is InChI=1S/C28H32N4O6/c1-16(2)20-15-32(25(27(34)38-6)19(20)14-24(33)37-5)28-30-21-10-8-7-9-18(21)26(31-28)29-17-11-12-22(35-3)23(13-17)36-4/h7-13,19-20,25H,1,14-15H2,2-6H3,(H,29,30,31). The van der Waals surface area contributed by atoms with E-state index in [4.69, 9.17) is 28.9 Å². The van der Waals surface area contributed by atoms with Crippen LogP contribution in [0, 0.1) is 11.8 Å². The van der Waals surface area contributed by atoms with Gasteiger partial charge in [0, 0.05) is 35.5 Å². The fraction of sp³-hybridized carbons (Fsp3) is 0.357. The van der Waals surface area contributed by atoms with Gasteiger partial charge in [-0.3, -0.25) is 4.79 Å². The van der Waals surface area contributed by atoms with Crippen LogP contribution >= 0.6 is 0 Å². The SMILES string of the molecule is C=C(C)C1CN(c2nc(Nc3ccc(OC)c(OC)c3)c3ccccc3n2)C(C(=O)OC)C1CC(=O)OC. The molecule has 0 aliphatic carbocycles. The summed E-state index contributed by atoms with van der Waals surface area (Å²) >= 11 is 0. The van der Waals surface area contributed by atoms with E-state index in [0.717, 1.165) is 16.6 Å². The first-order chi connectivity index (χ1) is 18.3. The first-order valence-corrected chi connectivity index (χ1v) is 12.1. The second-order valence-electron chi connectivity index (χ2n) is 9.10. The summed E-state index contributed by atoms with van der Waals surface area (Å²) in [5.41, 5.74) is 2.26. The maximum Gasteiger partial charge on any atom is 0.328 e. The molecular formula is C28H32N4O6. The number of nitrogens with zero attached hydrogens (tertiary/aromatic N) is 3. The molecule has 2 aromatic carbocycles. The van der Waals surface area contributed by atoms with Crippen molar-refractivity contribution in [3.8, 4) is 11.5 Å².